The molecule has 0 radical (unpaired) electrons. The smallest absolute Gasteiger partial charge is 0.216 e. The van der Waals surface area contributed by atoms with Crippen molar-refractivity contribution in [3.05, 3.63) is 69.7 Å². The molecule has 0 saturated carbocycles. The lowest BCUT2D eigenvalue weighted by Crippen LogP contribution is -1.95. The number of aromatic nitrogens is 3. The Bertz CT molecular complexity index is 900. The third kappa shape index (κ3) is 3.13. The van der Waals surface area contributed by atoms with Gasteiger partial charge in [-0.1, -0.05) is 35.9 Å². The zero-order valence-corrected chi connectivity index (χ0v) is 12.8. The van der Waals surface area contributed by atoms with Crippen LogP contribution in [0.15, 0.2) is 53.6 Å². The normalized spacial score (nSPS) is 11.2. The second-order valence-corrected chi connectivity index (χ2v) is 5.30. The van der Waals surface area contributed by atoms with Gasteiger partial charge in [0.05, 0.1) is 6.21 Å². The van der Waals surface area contributed by atoms with Crippen molar-refractivity contribution in [2.75, 3.05) is 0 Å². The van der Waals surface area contributed by atoms with Crippen molar-refractivity contribution >= 4 is 30.0 Å². The highest BCUT2D eigenvalue weighted by Crippen LogP contribution is 2.21. The van der Waals surface area contributed by atoms with Gasteiger partial charge < -0.3 is 0 Å². The summed E-state index contributed by atoms with van der Waals surface area (Å²) in [6, 6.07) is 13.3. The van der Waals surface area contributed by atoms with Crippen LogP contribution >= 0.6 is 23.8 Å². The van der Waals surface area contributed by atoms with Gasteiger partial charge in [0, 0.05) is 10.6 Å². The zero-order chi connectivity index (χ0) is 15.5. The van der Waals surface area contributed by atoms with Crippen molar-refractivity contribution in [3.63, 3.8) is 0 Å². The maximum absolute atomic E-state index is 13.2. The zero-order valence-electron chi connectivity index (χ0n) is 11.2. The fourth-order valence-electron chi connectivity index (χ4n) is 1.92. The molecule has 4 nitrogen and oxygen atoms in total. The molecule has 0 atom stereocenters. The Morgan fingerprint density at radius 2 is 2.05 bits per heavy atom. The van der Waals surface area contributed by atoms with Crippen LogP contribution in [-0.4, -0.2) is 21.1 Å². The van der Waals surface area contributed by atoms with E-state index >= 15 is 0 Å². The molecule has 1 heterocycles. The molecule has 0 aliphatic rings. The Morgan fingerprint density at radius 3 is 2.82 bits per heavy atom. The van der Waals surface area contributed by atoms with Crippen LogP contribution in [0.3, 0.4) is 0 Å². The van der Waals surface area contributed by atoms with Crippen LogP contribution in [-0.2, 0) is 0 Å². The highest BCUT2D eigenvalue weighted by atomic mass is 35.5. The minimum Gasteiger partial charge on any atom is -0.250 e. The quantitative estimate of drug-likeness (QED) is 0.574. The van der Waals surface area contributed by atoms with Crippen molar-refractivity contribution in [3.8, 4) is 11.4 Å². The van der Waals surface area contributed by atoms with Gasteiger partial charge in [0.1, 0.15) is 5.82 Å². The number of aromatic amines is 1. The summed E-state index contributed by atoms with van der Waals surface area (Å²) < 4.78 is 15.0. The van der Waals surface area contributed by atoms with E-state index in [9.17, 15) is 4.39 Å². The Labute approximate surface area is 135 Å². The minimum atomic E-state index is -0.324. The first-order chi connectivity index (χ1) is 10.6. The van der Waals surface area contributed by atoms with E-state index in [-0.39, 0.29) is 5.82 Å². The molecular formula is C15H10ClFN4S. The largest absolute Gasteiger partial charge is 0.250 e. The first-order valence-electron chi connectivity index (χ1n) is 6.37. The third-order valence-electron chi connectivity index (χ3n) is 2.90. The molecule has 0 amide bonds. The van der Waals surface area contributed by atoms with Crippen molar-refractivity contribution < 1.29 is 4.39 Å². The molecule has 1 aromatic heterocycles. The molecule has 0 saturated heterocycles. The number of hydrogen-bond donors (Lipinski definition) is 1. The molecule has 1 N–H and O–H groups in total. The number of hydrogen-bond acceptors (Lipinski definition) is 3. The molecule has 0 aliphatic carbocycles. The van der Waals surface area contributed by atoms with Crippen LogP contribution < -0.4 is 0 Å². The fraction of sp³-hybridized carbons (Fsp3) is 0. The lowest BCUT2D eigenvalue weighted by atomic mass is 10.2. The van der Waals surface area contributed by atoms with Crippen LogP contribution in [0.4, 0.5) is 4.39 Å². The molecule has 0 spiro atoms. The van der Waals surface area contributed by atoms with Gasteiger partial charge in [0.15, 0.2) is 5.82 Å². The summed E-state index contributed by atoms with van der Waals surface area (Å²) in [5.74, 6) is 0.204. The summed E-state index contributed by atoms with van der Waals surface area (Å²) in [5, 5.41) is 11.7. The molecule has 3 aromatic rings. The molecule has 0 aliphatic heterocycles. The third-order valence-corrected chi connectivity index (χ3v) is 3.40. The van der Waals surface area contributed by atoms with Crippen molar-refractivity contribution in [1.82, 2.24) is 14.9 Å². The van der Waals surface area contributed by atoms with Crippen molar-refractivity contribution in [1.29, 1.82) is 0 Å². The number of H-pyrrole nitrogens is 1. The summed E-state index contributed by atoms with van der Waals surface area (Å²) in [6.07, 6.45) is 1.52. The molecule has 2 aromatic carbocycles. The van der Waals surface area contributed by atoms with E-state index in [1.54, 1.807) is 24.3 Å². The van der Waals surface area contributed by atoms with Crippen LogP contribution in [0.2, 0.25) is 5.02 Å². The van der Waals surface area contributed by atoms with E-state index in [0.717, 1.165) is 5.56 Å². The van der Waals surface area contributed by atoms with Gasteiger partial charge in [-0.15, -0.1) is 0 Å². The topological polar surface area (TPSA) is 46.0 Å². The monoisotopic (exact) mass is 332 g/mol. The van der Waals surface area contributed by atoms with Crippen molar-refractivity contribution in [2.24, 2.45) is 5.10 Å². The van der Waals surface area contributed by atoms with E-state index in [1.807, 2.05) is 12.1 Å². The molecule has 0 unspecified atom stereocenters. The first-order valence-corrected chi connectivity index (χ1v) is 7.15. The predicted octanol–water partition coefficient (Wildman–Crippen LogP) is 4.28. The standard InChI is InChI=1S/C15H10ClFN4S/c16-12-5-2-4-11(8-12)14-19-20-15(22)21(14)18-9-10-3-1-6-13(17)7-10/h1-9H,(H,20,22)/b18-9-. The van der Waals surface area contributed by atoms with E-state index in [0.29, 0.717) is 21.2 Å². The highest BCUT2D eigenvalue weighted by molar-refractivity contribution is 7.71. The fourth-order valence-corrected chi connectivity index (χ4v) is 2.29. The predicted molar refractivity (Wildman–Crippen MR) is 87.2 cm³/mol. The van der Waals surface area contributed by atoms with Crippen LogP contribution in [0.1, 0.15) is 5.56 Å². The SMILES string of the molecule is Fc1cccc(/C=N\n2c(-c3cccc(Cl)c3)n[nH]c2=S)c1. The number of rotatable bonds is 3. The maximum Gasteiger partial charge on any atom is 0.216 e. The molecule has 22 heavy (non-hydrogen) atoms. The molecular weight excluding hydrogens is 323 g/mol. The summed E-state index contributed by atoms with van der Waals surface area (Å²) in [4.78, 5) is 0. The Hall–Kier alpha value is -2.31. The van der Waals surface area contributed by atoms with Crippen molar-refractivity contribution in [2.45, 2.75) is 0 Å². The van der Waals surface area contributed by atoms with E-state index in [1.165, 1.54) is 23.0 Å². The summed E-state index contributed by atoms with van der Waals surface area (Å²) >= 11 is 11.2. The molecule has 3 rings (SSSR count). The number of benzene rings is 2. The molecule has 7 heteroatoms. The Morgan fingerprint density at radius 1 is 1.23 bits per heavy atom. The maximum atomic E-state index is 13.2. The minimum absolute atomic E-state index is 0.324. The van der Waals surface area contributed by atoms with Gasteiger partial charge in [-0.25, -0.2) is 9.49 Å². The van der Waals surface area contributed by atoms with Gasteiger partial charge in [-0.3, -0.25) is 0 Å². The van der Waals surface area contributed by atoms with E-state index in [2.05, 4.69) is 15.3 Å². The molecule has 0 fully saturated rings. The lowest BCUT2D eigenvalue weighted by Gasteiger charge is -2.01. The number of nitrogens with one attached hydrogen (secondary N) is 1. The lowest BCUT2D eigenvalue weighted by molar-refractivity contribution is 0.627. The number of nitrogens with zero attached hydrogens (tertiary/aromatic N) is 3. The average Bonchev–Trinajstić information content (AvgIpc) is 2.86. The second kappa shape index (κ2) is 6.21. The van der Waals surface area contributed by atoms with Crippen LogP contribution in [0.25, 0.3) is 11.4 Å². The molecule has 0 bridgehead atoms. The van der Waals surface area contributed by atoms with E-state index < -0.39 is 0 Å². The Kier molecular flexibility index (Phi) is 4.13. The summed E-state index contributed by atoms with van der Waals surface area (Å²) in [6.45, 7) is 0. The first kappa shape index (κ1) is 14.6. The van der Waals surface area contributed by atoms with Gasteiger partial charge in [0.2, 0.25) is 4.77 Å². The van der Waals surface area contributed by atoms with Crippen LogP contribution in [0.5, 0.6) is 0 Å². The van der Waals surface area contributed by atoms with Crippen LogP contribution in [0, 0.1) is 10.6 Å². The van der Waals surface area contributed by atoms with E-state index in [4.69, 9.17) is 23.8 Å². The average molecular weight is 333 g/mol. The Balaban J connectivity index is 2.01. The van der Waals surface area contributed by atoms with Gasteiger partial charge in [-0.2, -0.15) is 14.9 Å². The second-order valence-electron chi connectivity index (χ2n) is 4.47. The number of halogens is 2. The van der Waals surface area contributed by atoms with Gasteiger partial charge >= 0.3 is 0 Å². The molecule has 110 valence electrons. The van der Waals surface area contributed by atoms with Gasteiger partial charge in [-0.05, 0) is 42.0 Å². The van der Waals surface area contributed by atoms with Gasteiger partial charge in [0.25, 0.3) is 0 Å². The summed E-state index contributed by atoms with van der Waals surface area (Å²) in [7, 11) is 0. The highest BCUT2D eigenvalue weighted by Gasteiger charge is 2.08. The summed E-state index contributed by atoms with van der Waals surface area (Å²) in [5.41, 5.74) is 1.40.